The molecule has 0 heterocycles. The molecule has 39 heavy (non-hydrogen) atoms. The summed E-state index contributed by atoms with van der Waals surface area (Å²) in [5.41, 5.74) is 3.66. The van der Waals surface area contributed by atoms with Crippen molar-refractivity contribution in [2.24, 2.45) is 0 Å². The van der Waals surface area contributed by atoms with Crippen molar-refractivity contribution >= 4 is 11.9 Å². The predicted molar refractivity (Wildman–Crippen MR) is 152 cm³/mol. The van der Waals surface area contributed by atoms with Crippen molar-refractivity contribution < 1.29 is 19.1 Å². The number of carbonyl (C=O) groups excluding carboxylic acids is 2. The van der Waals surface area contributed by atoms with Gasteiger partial charge in [-0.15, -0.1) is 6.42 Å². The molecule has 4 nitrogen and oxygen atoms in total. The largest absolute Gasteiger partial charge is 0.426 e. The number of rotatable bonds is 4. The lowest BCUT2D eigenvalue weighted by Crippen LogP contribution is -2.11. The molecule has 0 aliphatic heterocycles. The van der Waals surface area contributed by atoms with Crippen molar-refractivity contribution in [1.29, 1.82) is 0 Å². The SMILES string of the molecule is C#CC#CC#CC#CC#CC#CC#CC#CC#C/C(C)=C/Cc1c(C)c(OC(C)=O)c(C)c(C)c1OC(C)=O. The fourth-order valence-corrected chi connectivity index (χ4v) is 2.86. The Bertz CT molecular complexity index is 1760. The molecular weight excluding hydrogens is 484 g/mol. The molecular formula is C35H22O4. The Kier molecular flexibility index (Phi) is 13.8. The third-order valence-corrected chi connectivity index (χ3v) is 4.62. The standard InChI is InChI=1S/C35H22O4/c1-8-9-10-11-12-13-14-15-16-17-18-19-20-21-22-23-24-27(2)25-26-33-30(5)34(38-31(6)36)28(3)29(4)35(33)39-32(7)37/h1,25H,26H2,2-7H3/b27-25+. The number of allylic oxidation sites excluding steroid dienone is 2. The quantitative estimate of drug-likeness (QED) is 0.356. The summed E-state index contributed by atoms with van der Waals surface area (Å²) in [4.78, 5) is 23.3. The first-order chi connectivity index (χ1) is 18.7. The minimum atomic E-state index is -0.436. The molecule has 0 N–H and O–H groups in total. The van der Waals surface area contributed by atoms with Gasteiger partial charge in [0.1, 0.15) is 11.5 Å². The molecule has 1 aromatic rings. The average molecular weight is 507 g/mol. The molecule has 0 fully saturated rings. The van der Waals surface area contributed by atoms with Crippen molar-refractivity contribution in [1.82, 2.24) is 0 Å². The summed E-state index contributed by atoms with van der Waals surface area (Å²) in [5, 5.41) is 0. The minimum Gasteiger partial charge on any atom is -0.426 e. The summed E-state index contributed by atoms with van der Waals surface area (Å²) < 4.78 is 10.9. The Morgan fingerprint density at radius 3 is 1.44 bits per heavy atom. The van der Waals surface area contributed by atoms with Crippen LogP contribution in [0.1, 0.15) is 43.0 Å². The lowest BCUT2D eigenvalue weighted by atomic mass is 9.94. The fourth-order valence-electron chi connectivity index (χ4n) is 2.86. The first kappa shape index (κ1) is 31.0. The van der Waals surface area contributed by atoms with E-state index in [1.807, 2.05) is 33.8 Å². The Balaban J connectivity index is 2.98. The molecule has 0 aromatic heterocycles. The van der Waals surface area contributed by atoms with Gasteiger partial charge in [-0.25, -0.2) is 0 Å². The summed E-state index contributed by atoms with van der Waals surface area (Å²) >= 11 is 0. The summed E-state index contributed by atoms with van der Waals surface area (Å²) in [6.07, 6.45) is 7.24. The van der Waals surface area contributed by atoms with Crippen LogP contribution in [0.25, 0.3) is 0 Å². The van der Waals surface area contributed by atoms with E-state index in [-0.39, 0.29) is 0 Å². The molecule has 0 amide bonds. The van der Waals surface area contributed by atoms with Gasteiger partial charge in [-0.3, -0.25) is 9.59 Å². The van der Waals surface area contributed by atoms with Gasteiger partial charge in [-0.1, -0.05) is 12.0 Å². The Hall–Kier alpha value is -6.06. The zero-order valence-corrected chi connectivity index (χ0v) is 22.5. The Labute approximate surface area is 231 Å². The van der Waals surface area contributed by atoms with E-state index in [2.05, 4.69) is 101 Å². The van der Waals surface area contributed by atoms with Gasteiger partial charge in [0.25, 0.3) is 0 Å². The predicted octanol–water partition coefficient (Wildman–Crippen LogP) is 3.61. The number of benzene rings is 1. The van der Waals surface area contributed by atoms with Crippen LogP contribution in [0.4, 0.5) is 0 Å². The van der Waals surface area contributed by atoms with Crippen molar-refractivity contribution in [3.05, 3.63) is 33.9 Å². The molecule has 1 aromatic carbocycles. The molecule has 4 heteroatoms. The average Bonchev–Trinajstić information content (AvgIpc) is 2.88. The second-order valence-corrected chi connectivity index (χ2v) is 7.43. The normalized spacial score (nSPS) is 8.08. The van der Waals surface area contributed by atoms with Gasteiger partial charge >= 0.3 is 11.9 Å². The number of ether oxygens (including phenoxy) is 2. The zero-order chi connectivity index (χ0) is 29.0. The lowest BCUT2D eigenvalue weighted by molar-refractivity contribution is -0.133. The van der Waals surface area contributed by atoms with Gasteiger partial charge in [-0.05, 0) is 151 Å². The Morgan fingerprint density at radius 1 is 0.615 bits per heavy atom. The third kappa shape index (κ3) is 12.0. The highest BCUT2D eigenvalue weighted by molar-refractivity contribution is 5.75. The highest BCUT2D eigenvalue weighted by atomic mass is 16.5. The second kappa shape index (κ2) is 17.4. The maximum Gasteiger partial charge on any atom is 0.308 e. The van der Waals surface area contributed by atoms with Gasteiger partial charge < -0.3 is 9.47 Å². The maximum atomic E-state index is 11.7. The molecule has 0 saturated carbocycles. The lowest BCUT2D eigenvalue weighted by Gasteiger charge is -2.20. The topological polar surface area (TPSA) is 52.6 Å². The van der Waals surface area contributed by atoms with Crippen LogP contribution in [0.2, 0.25) is 0 Å². The zero-order valence-electron chi connectivity index (χ0n) is 22.5. The molecule has 0 spiro atoms. The second-order valence-electron chi connectivity index (χ2n) is 7.43. The smallest absolute Gasteiger partial charge is 0.308 e. The van der Waals surface area contributed by atoms with E-state index >= 15 is 0 Å². The van der Waals surface area contributed by atoms with Gasteiger partial charge in [0, 0.05) is 19.4 Å². The number of carbonyl (C=O) groups is 2. The maximum absolute atomic E-state index is 11.7. The van der Waals surface area contributed by atoms with Crippen LogP contribution >= 0.6 is 0 Å². The molecule has 0 unspecified atom stereocenters. The number of hydrogen-bond donors (Lipinski definition) is 0. The molecule has 0 aliphatic carbocycles. The van der Waals surface area contributed by atoms with Crippen molar-refractivity contribution in [2.75, 3.05) is 0 Å². The number of hydrogen-bond acceptors (Lipinski definition) is 4. The molecule has 0 radical (unpaired) electrons. The Morgan fingerprint density at radius 2 is 1.00 bits per heavy atom. The first-order valence-corrected chi connectivity index (χ1v) is 11.3. The van der Waals surface area contributed by atoms with Gasteiger partial charge in [0.05, 0.1) is 0 Å². The van der Waals surface area contributed by atoms with E-state index in [9.17, 15) is 9.59 Å². The fraction of sp³-hybridized carbons (Fsp3) is 0.200. The van der Waals surface area contributed by atoms with Gasteiger partial charge in [0.15, 0.2) is 0 Å². The van der Waals surface area contributed by atoms with Crippen molar-refractivity contribution in [3.8, 4) is 119 Å². The summed E-state index contributed by atoms with van der Waals surface area (Å²) in [6.45, 7) is 9.97. The van der Waals surface area contributed by atoms with E-state index in [1.54, 1.807) is 0 Å². The summed E-state index contributed by atoms with van der Waals surface area (Å²) in [5.74, 6) is 42.9. The van der Waals surface area contributed by atoms with E-state index in [1.165, 1.54) is 13.8 Å². The van der Waals surface area contributed by atoms with Crippen molar-refractivity contribution in [3.63, 3.8) is 0 Å². The van der Waals surface area contributed by atoms with Crippen LogP contribution in [0.3, 0.4) is 0 Å². The molecule has 0 aliphatic rings. The highest BCUT2D eigenvalue weighted by Gasteiger charge is 2.21. The van der Waals surface area contributed by atoms with E-state index in [0.29, 0.717) is 23.5 Å². The summed E-state index contributed by atoms with van der Waals surface area (Å²) in [7, 11) is 0. The van der Waals surface area contributed by atoms with Crippen molar-refractivity contribution in [2.45, 2.75) is 48.0 Å². The first-order valence-electron chi connectivity index (χ1n) is 11.3. The summed E-state index contributed by atoms with van der Waals surface area (Å²) in [6, 6.07) is 0. The monoisotopic (exact) mass is 506 g/mol. The van der Waals surface area contributed by atoms with Crippen LogP contribution in [0.5, 0.6) is 11.5 Å². The highest BCUT2D eigenvalue weighted by Crippen LogP contribution is 2.38. The molecule has 0 bridgehead atoms. The van der Waals surface area contributed by atoms with Crippen LogP contribution in [-0.2, 0) is 16.0 Å². The van der Waals surface area contributed by atoms with E-state index in [4.69, 9.17) is 15.9 Å². The van der Waals surface area contributed by atoms with Gasteiger partial charge in [-0.2, -0.15) is 0 Å². The van der Waals surface area contributed by atoms with E-state index < -0.39 is 11.9 Å². The number of esters is 2. The molecule has 1 rings (SSSR count). The van der Waals surface area contributed by atoms with Crippen LogP contribution in [0.15, 0.2) is 11.6 Å². The number of terminal acetylenes is 1. The minimum absolute atomic E-state index is 0.408. The van der Waals surface area contributed by atoms with E-state index in [0.717, 1.165) is 22.3 Å². The van der Waals surface area contributed by atoms with Crippen LogP contribution < -0.4 is 9.47 Å². The van der Waals surface area contributed by atoms with Crippen LogP contribution in [-0.4, -0.2) is 11.9 Å². The van der Waals surface area contributed by atoms with Crippen LogP contribution in [0, 0.1) is 128 Å². The molecule has 0 saturated heterocycles. The molecule has 186 valence electrons. The third-order valence-electron chi connectivity index (χ3n) is 4.62. The molecule has 0 atom stereocenters. The van der Waals surface area contributed by atoms with Gasteiger partial charge in [0.2, 0.25) is 0 Å².